The molecule has 1 aromatic rings. The van der Waals surface area contributed by atoms with E-state index >= 15 is 0 Å². The van der Waals surface area contributed by atoms with Gasteiger partial charge in [0, 0.05) is 13.2 Å². The number of hydrogen-bond acceptors (Lipinski definition) is 7. The molecule has 3 amide bonds. The number of amides is 3. The molecule has 0 aromatic heterocycles. The fourth-order valence-corrected chi connectivity index (χ4v) is 5.13. The lowest BCUT2D eigenvalue weighted by Gasteiger charge is -2.35. The molecule has 11 heteroatoms. The number of rotatable bonds is 10. The van der Waals surface area contributed by atoms with E-state index in [2.05, 4.69) is 10.6 Å². The van der Waals surface area contributed by atoms with Crippen LogP contribution in [-0.4, -0.2) is 72.8 Å². The number of carbonyl (C=O) groups excluding carboxylic acids is 4. The molecule has 3 fully saturated rings. The maximum Gasteiger partial charge on any atom is 0.310 e. The third-order valence-electron chi connectivity index (χ3n) is 7.23. The highest BCUT2D eigenvalue weighted by Crippen LogP contribution is 2.34. The van der Waals surface area contributed by atoms with Crippen LogP contribution in [0.2, 0.25) is 5.02 Å². The molecular formula is C28H38ClN3O7. The molecule has 2 heterocycles. The molecule has 10 nitrogen and oxygen atoms in total. The van der Waals surface area contributed by atoms with Crippen LogP contribution in [0.3, 0.4) is 0 Å². The summed E-state index contributed by atoms with van der Waals surface area (Å²) >= 11 is 6.52. The molecule has 0 spiro atoms. The van der Waals surface area contributed by atoms with Gasteiger partial charge in [0.15, 0.2) is 0 Å². The normalized spacial score (nSPS) is 23.8. The Bertz CT molecular complexity index is 1100. The molecule has 0 bridgehead atoms. The summed E-state index contributed by atoms with van der Waals surface area (Å²) < 4.78 is 16.4. The molecule has 1 saturated carbocycles. The van der Waals surface area contributed by atoms with Gasteiger partial charge in [-0.15, -0.1) is 0 Å². The lowest BCUT2D eigenvalue weighted by Crippen LogP contribution is -2.58. The Hall–Kier alpha value is -2.85. The molecule has 39 heavy (non-hydrogen) atoms. The largest absolute Gasteiger partial charge is 0.492 e. The van der Waals surface area contributed by atoms with Gasteiger partial charge in [-0.1, -0.05) is 38.4 Å². The van der Waals surface area contributed by atoms with Gasteiger partial charge < -0.3 is 29.7 Å². The third-order valence-corrected chi connectivity index (χ3v) is 7.62. The molecule has 1 aliphatic carbocycles. The van der Waals surface area contributed by atoms with Crippen LogP contribution >= 0.6 is 11.6 Å². The van der Waals surface area contributed by atoms with Gasteiger partial charge in [0.25, 0.3) is 5.91 Å². The van der Waals surface area contributed by atoms with Crippen molar-refractivity contribution < 1.29 is 33.4 Å². The monoisotopic (exact) mass is 563 g/mol. The van der Waals surface area contributed by atoms with E-state index in [1.54, 1.807) is 25.1 Å². The van der Waals surface area contributed by atoms with Crippen LogP contribution in [0.1, 0.15) is 70.2 Å². The lowest BCUT2D eigenvalue weighted by atomic mass is 9.85. The van der Waals surface area contributed by atoms with E-state index in [4.69, 9.17) is 25.8 Å². The van der Waals surface area contributed by atoms with E-state index in [-0.39, 0.29) is 28.8 Å². The summed E-state index contributed by atoms with van der Waals surface area (Å²) in [5.41, 5.74) is -0.440. The summed E-state index contributed by atoms with van der Waals surface area (Å²) in [7, 11) is 0. The van der Waals surface area contributed by atoms with Crippen LogP contribution in [0, 0.1) is 11.3 Å². The molecule has 2 aliphatic heterocycles. The lowest BCUT2D eigenvalue weighted by molar-refractivity contribution is -0.164. The van der Waals surface area contributed by atoms with Crippen LogP contribution < -0.4 is 15.4 Å². The van der Waals surface area contributed by atoms with Gasteiger partial charge in [0.2, 0.25) is 18.1 Å². The van der Waals surface area contributed by atoms with Crippen molar-refractivity contribution >= 4 is 35.3 Å². The maximum absolute atomic E-state index is 13.8. The number of carbonyl (C=O) groups is 4. The Kier molecular flexibility index (Phi) is 9.06. The zero-order valence-electron chi connectivity index (χ0n) is 23.0. The van der Waals surface area contributed by atoms with Gasteiger partial charge in [-0.3, -0.25) is 19.2 Å². The predicted octanol–water partition coefficient (Wildman–Crippen LogP) is 3.06. The van der Waals surface area contributed by atoms with Crippen molar-refractivity contribution in [3.8, 4) is 5.75 Å². The molecular weight excluding hydrogens is 526 g/mol. The SMILES string of the molecule is CCO[C@@H]1OC(=O)C[C@H]1NC(=O)[C@@H]1CCCN1C(=O)[C@@H](NC(=O)c1cccc(OCC2CC2)c1Cl)C(C)(C)C. The van der Waals surface area contributed by atoms with Crippen molar-refractivity contribution in [2.24, 2.45) is 11.3 Å². The van der Waals surface area contributed by atoms with Crippen LogP contribution in [0.25, 0.3) is 0 Å². The number of nitrogens with one attached hydrogen (secondary N) is 2. The minimum atomic E-state index is -0.918. The number of benzene rings is 1. The summed E-state index contributed by atoms with van der Waals surface area (Å²) in [5.74, 6) is -0.715. The Labute approximate surface area is 234 Å². The van der Waals surface area contributed by atoms with Crippen molar-refractivity contribution in [2.75, 3.05) is 19.8 Å². The minimum absolute atomic E-state index is 0.00192. The van der Waals surface area contributed by atoms with Crippen molar-refractivity contribution in [3.63, 3.8) is 0 Å². The van der Waals surface area contributed by atoms with Crippen LogP contribution in [0.15, 0.2) is 18.2 Å². The van der Waals surface area contributed by atoms with E-state index in [1.807, 2.05) is 20.8 Å². The molecule has 2 saturated heterocycles. The van der Waals surface area contributed by atoms with E-state index < -0.39 is 41.7 Å². The average Bonchev–Trinajstić information content (AvgIpc) is 3.45. The first-order chi connectivity index (χ1) is 18.5. The summed E-state index contributed by atoms with van der Waals surface area (Å²) in [6.45, 7) is 8.58. The Morgan fingerprint density at radius 1 is 1.21 bits per heavy atom. The third kappa shape index (κ3) is 7.03. The smallest absolute Gasteiger partial charge is 0.310 e. The summed E-state index contributed by atoms with van der Waals surface area (Å²) in [6, 6.07) is 2.73. The molecule has 214 valence electrons. The van der Waals surface area contributed by atoms with E-state index in [0.29, 0.717) is 44.3 Å². The van der Waals surface area contributed by atoms with E-state index in [1.165, 1.54) is 4.90 Å². The molecule has 0 unspecified atom stereocenters. The standard InChI is InChI=1S/C28H38ClN3O7/c1-5-37-27-18(14-21(33)39-27)30-25(35)19-9-7-13-32(19)26(36)23(28(2,3)4)31-24(34)17-8-6-10-20(22(17)29)38-15-16-11-12-16/h6,8,10,16,18-19,23,27H,5,7,9,11-15H2,1-4H3,(H,30,35)(H,31,34)/t18-,19+,23-,27-/m1/s1. The van der Waals surface area contributed by atoms with E-state index in [9.17, 15) is 19.2 Å². The Balaban J connectivity index is 1.46. The second-order valence-corrected chi connectivity index (χ2v) is 11.8. The van der Waals surface area contributed by atoms with Gasteiger partial charge in [-0.2, -0.15) is 0 Å². The maximum atomic E-state index is 13.8. The van der Waals surface area contributed by atoms with Crippen molar-refractivity contribution in [3.05, 3.63) is 28.8 Å². The second kappa shape index (κ2) is 12.1. The summed E-state index contributed by atoms with van der Waals surface area (Å²) in [6.07, 6.45) is 2.50. The number of esters is 1. The average molecular weight is 564 g/mol. The van der Waals surface area contributed by atoms with Crippen LogP contribution in [0.4, 0.5) is 0 Å². The van der Waals surface area contributed by atoms with Gasteiger partial charge in [0.05, 0.1) is 23.6 Å². The highest BCUT2D eigenvalue weighted by Gasteiger charge is 2.44. The number of halogens is 1. The number of nitrogens with zero attached hydrogens (tertiary/aromatic N) is 1. The van der Waals surface area contributed by atoms with Gasteiger partial charge in [-0.25, -0.2) is 0 Å². The first-order valence-electron chi connectivity index (χ1n) is 13.6. The Morgan fingerprint density at radius 2 is 1.95 bits per heavy atom. The minimum Gasteiger partial charge on any atom is -0.492 e. The fourth-order valence-electron chi connectivity index (χ4n) is 4.86. The summed E-state index contributed by atoms with van der Waals surface area (Å²) in [4.78, 5) is 53.7. The van der Waals surface area contributed by atoms with Gasteiger partial charge >= 0.3 is 5.97 Å². The molecule has 4 rings (SSSR count). The molecule has 3 aliphatic rings. The number of likely N-dealkylation sites (tertiary alicyclic amines) is 1. The Morgan fingerprint density at radius 3 is 2.62 bits per heavy atom. The number of ether oxygens (including phenoxy) is 3. The first-order valence-corrected chi connectivity index (χ1v) is 14.0. The molecule has 0 radical (unpaired) electrons. The van der Waals surface area contributed by atoms with Crippen molar-refractivity contribution in [1.82, 2.24) is 15.5 Å². The topological polar surface area (TPSA) is 123 Å². The van der Waals surface area contributed by atoms with Crippen LogP contribution in [-0.2, 0) is 23.9 Å². The first kappa shape index (κ1) is 29.1. The van der Waals surface area contributed by atoms with Crippen molar-refractivity contribution in [1.29, 1.82) is 0 Å². The highest BCUT2D eigenvalue weighted by atomic mass is 35.5. The summed E-state index contributed by atoms with van der Waals surface area (Å²) in [5, 5.41) is 5.90. The zero-order valence-corrected chi connectivity index (χ0v) is 23.7. The molecule has 4 atom stereocenters. The molecule has 2 N–H and O–H groups in total. The van der Waals surface area contributed by atoms with Gasteiger partial charge in [-0.05, 0) is 56.1 Å². The van der Waals surface area contributed by atoms with Gasteiger partial charge in [0.1, 0.15) is 23.9 Å². The molecule has 1 aromatic carbocycles. The number of cyclic esters (lactones) is 1. The predicted molar refractivity (Wildman–Crippen MR) is 143 cm³/mol. The van der Waals surface area contributed by atoms with Crippen molar-refractivity contribution in [2.45, 2.75) is 84.2 Å². The second-order valence-electron chi connectivity index (χ2n) is 11.5. The van der Waals surface area contributed by atoms with Crippen LogP contribution in [0.5, 0.6) is 5.75 Å². The van der Waals surface area contributed by atoms with E-state index in [0.717, 1.165) is 12.8 Å². The quantitative estimate of drug-likeness (QED) is 0.419. The zero-order chi connectivity index (χ0) is 28.3. The number of hydrogen-bond donors (Lipinski definition) is 2. The highest BCUT2D eigenvalue weighted by molar-refractivity contribution is 6.35. The fraction of sp³-hybridized carbons (Fsp3) is 0.643.